The highest BCUT2D eigenvalue weighted by Crippen LogP contribution is 2.43. The number of aliphatic carboxylic acids is 1. The van der Waals surface area contributed by atoms with Crippen LogP contribution in [0.4, 0.5) is 0 Å². The van der Waals surface area contributed by atoms with Crippen molar-refractivity contribution < 1.29 is 14.6 Å². The number of ether oxygens (including phenoxy) is 1. The van der Waals surface area contributed by atoms with E-state index in [0.29, 0.717) is 5.92 Å². The molecule has 0 saturated carbocycles. The smallest absolute Gasteiger partial charge is 0.347 e. The van der Waals surface area contributed by atoms with E-state index in [1.165, 1.54) is 22.7 Å². The van der Waals surface area contributed by atoms with Gasteiger partial charge in [0.05, 0.1) is 15.9 Å². The Hall–Kier alpha value is -1.21. The highest BCUT2D eigenvalue weighted by atomic mass is 32.1. The van der Waals surface area contributed by atoms with E-state index in [1.807, 2.05) is 35.0 Å². The van der Waals surface area contributed by atoms with Gasteiger partial charge >= 0.3 is 5.97 Å². The maximum Gasteiger partial charge on any atom is 0.347 e. The fourth-order valence-electron chi connectivity index (χ4n) is 3.73. The third-order valence-corrected chi connectivity index (χ3v) is 6.90. The molecule has 6 heteroatoms. The third-order valence-electron chi connectivity index (χ3n) is 4.96. The van der Waals surface area contributed by atoms with Gasteiger partial charge in [-0.2, -0.15) is 0 Å². The molecule has 1 N–H and O–H groups in total. The van der Waals surface area contributed by atoms with Crippen molar-refractivity contribution in [1.29, 1.82) is 0 Å². The van der Waals surface area contributed by atoms with Crippen molar-refractivity contribution in [1.82, 2.24) is 4.90 Å². The Morgan fingerprint density at radius 2 is 1.78 bits per heavy atom. The van der Waals surface area contributed by atoms with Gasteiger partial charge in [0.25, 0.3) is 0 Å². The van der Waals surface area contributed by atoms with Crippen molar-refractivity contribution >= 4 is 28.6 Å². The predicted molar refractivity (Wildman–Crippen MR) is 91.1 cm³/mol. The van der Waals surface area contributed by atoms with E-state index < -0.39 is 11.6 Å². The fraction of sp³-hybridized carbons (Fsp3) is 0.471. The average molecular weight is 349 g/mol. The Labute approximate surface area is 143 Å². The Balaban J connectivity index is 1.75. The van der Waals surface area contributed by atoms with Crippen LogP contribution in [0.2, 0.25) is 0 Å². The zero-order valence-electron chi connectivity index (χ0n) is 12.7. The van der Waals surface area contributed by atoms with Gasteiger partial charge in [-0.15, -0.1) is 22.7 Å². The first kappa shape index (κ1) is 15.3. The molecule has 1 unspecified atom stereocenters. The van der Waals surface area contributed by atoms with Crippen LogP contribution in [0.3, 0.4) is 0 Å². The molecule has 122 valence electrons. The summed E-state index contributed by atoms with van der Waals surface area (Å²) >= 11 is 2.90. The van der Waals surface area contributed by atoms with Crippen LogP contribution in [0.1, 0.15) is 22.6 Å². The van der Waals surface area contributed by atoms with Gasteiger partial charge < -0.3 is 14.7 Å². The van der Waals surface area contributed by atoms with E-state index >= 15 is 0 Å². The SMILES string of the molecule is O=C(O)C(OC1CN2CCC1CC2)(c1cccs1)c1cccs1. The number of fused-ring (bicyclic) bond motifs is 3. The average Bonchev–Trinajstić information content (AvgIpc) is 3.27. The Morgan fingerprint density at radius 1 is 1.17 bits per heavy atom. The molecule has 3 fully saturated rings. The summed E-state index contributed by atoms with van der Waals surface area (Å²) in [4.78, 5) is 16.3. The molecular weight excluding hydrogens is 330 g/mol. The minimum Gasteiger partial charge on any atom is -0.479 e. The number of thiophene rings is 2. The van der Waals surface area contributed by atoms with Crippen molar-refractivity contribution in [3.05, 3.63) is 44.8 Å². The number of hydrogen-bond acceptors (Lipinski definition) is 5. The number of nitrogens with zero attached hydrogens (tertiary/aromatic N) is 1. The second kappa shape index (κ2) is 6.02. The van der Waals surface area contributed by atoms with Gasteiger partial charge in [-0.05, 0) is 54.7 Å². The summed E-state index contributed by atoms with van der Waals surface area (Å²) < 4.78 is 6.44. The first-order chi connectivity index (χ1) is 11.2. The maximum absolute atomic E-state index is 12.4. The van der Waals surface area contributed by atoms with Crippen molar-refractivity contribution in [2.24, 2.45) is 5.92 Å². The molecule has 0 spiro atoms. The van der Waals surface area contributed by atoms with Crippen LogP contribution in [0.15, 0.2) is 35.0 Å². The number of carbonyl (C=O) groups is 1. The summed E-state index contributed by atoms with van der Waals surface area (Å²) in [6.07, 6.45) is 2.20. The lowest BCUT2D eigenvalue weighted by Gasteiger charge is -2.46. The third kappa shape index (κ3) is 2.54. The Bertz CT molecular complexity index is 626. The molecular formula is C17H19NO3S2. The number of carboxylic acids is 1. The molecule has 0 amide bonds. The van der Waals surface area contributed by atoms with Crippen LogP contribution in [0, 0.1) is 5.92 Å². The number of rotatable bonds is 5. The van der Waals surface area contributed by atoms with Crippen LogP contribution >= 0.6 is 22.7 Å². The Kier molecular flexibility index (Phi) is 4.01. The predicted octanol–water partition coefficient (Wildman–Crippen LogP) is 3.25. The second-order valence-corrected chi connectivity index (χ2v) is 8.13. The highest BCUT2D eigenvalue weighted by molar-refractivity contribution is 7.12. The van der Waals surface area contributed by atoms with Crippen molar-refractivity contribution in [2.75, 3.05) is 19.6 Å². The van der Waals surface area contributed by atoms with Crippen LogP contribution in [0.25, 0.3) is 0 Å². The molecule has 2 aromatic heterocycles. The molecule has 1 atom stereocenters. The van der Waals surface area contributed by atoms with Crippen molar-refractivity contribution in [2.45, 2.75) is 24.5 Å². The van der Waals surface area contributed by atoms with Crippen LogP contribution in [0.5, 0.6) is 0 Å². The van der Waals surface area contributed by atoms with E-state index in [9.17, 15) is 9.90 Å². The van der Waals surface area contributed by atoms with E-state index in [4.69, 9.17) is 4.74 Å². The lowest BCUT2D eigenvalue weighted by molar-refractivity contribution is -0.181. The highest BCUT2D eigenvalue weighted by Gasteiger charge is 2.50. The van der Waals surface area contributed by atoms with Crippen LogP contribution in [-0.4, -0.2) is 41.7 Å². The lowest BCUT2D eigenvalue weighted by atomic mass is 9.85. The van der Waals surface area contributed by atoms with Gasteiger partial charge in [0.2, 0.25) is 5.60 Å². The quantitative estimate of drug-likeness (QED) is 0.900. The van der Waals surface area contributed by atoms with Gasteiger partial charge in [-0.25, -0.2) is 4.79 Å². The van der Waals surface area contributed by atoms with Gasteiger partial charge in [-0.3, -0.25) is 0 Å². The minimum absolute atomic E-state index is 0.0159. The molecule has 5 heterocycles. The maximum atomic E-state index is 12.4. The number of piperidine rings is 3. The minimum atomic E-state index is -1.37. The molecule has 0 aromatic carbocycles. The summed E-state index contributed by atoms with van der Waals surface area (Å²) in [5.41, 5.74) is -1.37. The first-order valence-electron chi connectivity index (χ1n) is 7.91. The molecule has 2 aromatic rings. The summed E-state index contributed by atoms with van der Waals surface area (Å²) in [5, 5.41) is 14.0. The molecule has 0 aliphatic carbocycles. The topological polar surface area (TPSA) is 49.8 Å². The lowest BCUT2D eigenvalue weighted by Crippen LogP contribution is -2.55. The van der Waals surface area contributed by atoms with Gasteiger partial charge in [0.15, 0.2) is 0 Å². The fourth-order valence-corrected chi connectivity index (χ4v) is 5.54. The van der Waals surface area contributed by atoms with Crippen LogP contribution in [-0.2, 0) is 15.1 Å². The molecule has 4 nitrogen and oxygen atoms in total. The van der Waals surface area contributed by atoms with Gasteiger partial charge in [-0.1, -0.05) is 12.1 Å². The summed E-state index contributed by atoms with van der Waals surface area (Å²) in [7, 11) is 0. The second-order valence-electron chi connectivity index (χ2n) is 6.24. The Morgan fingerprint density at radius 3 is 2.17 bits per heavy atom. The first-order valence-corrected chi connectivity index (χ1v) is 9.67. The largest absolute Gasteiger partial charge is 0.479 e. The zero-order valence-corrected chi connectivity index (χ0v) is 14.3. The molecule has 3 aliphatic heterocycles. The van der Waals surface area contributed by atoms with Crippen molar-refractivity contribution in [3.63, 3.8) is 0 Å². The molecule has 3 aliphatic rings. The monoisotopic (exact) mass is 349 g/mol. The molecule has 0 radical (unpaired) electrons. The van der Waals surface area contributed by atoms with Crippen molar-refractivity contribution in [3.8, 4) is 0 Å². The number of hydrogen-bond donors (Lipinski definition) is 1. The van der Waals surface area contributed by atoms with E-state index in [0.717, 1.165) is 42.2 Å². The van der Waals surface area contributed by atoms with Gasteiger partial charge in [0.1, 0.15) is 0 Å². The molecule has 2 bridgehead atoms. The molecule has 23 heavy (non-hydrogen) atoms. The summed E-state index contributed by atoms with van der Waals surface area (Å²) in [6, 6.07) is 7.54. The zero-order chi connectivity index (χ0) is 15.9. The summed E-state index contributed by atoms with van der Waals surface area (Å²) in [6.45, 7) is 3.07. The standard InChI is InChI=1S/C17H19NO3S2/c19-16(20)17(14-3-1-9-22-14,15-4-2-10-23-15)21-13-11-18-7-5-12(13)6-8-18/h1-4,9-10,12-13H,5-8,11H2,(H,19,20). The van der Waals surface area contributed by atoms with E-state index in [-0.39, 0.29) is 6.10 Å². The van der Waals surface area contributed by atoms with E-state index in [1.54, 1.807) is 0 Å². The normalized spacial score (nSPS) is 27.2. The van der Waals surface area contributed by atoms with Gasteiger partial charge in [0, 0.05) is 6.54 Å². The van der Waals surface area contributed by atoms with E-state index in [2.05, 4.69) is 4.90 Å². The molecule has 3 saturated heterocycles. The molecule has 5 rings (SSSR count). The summed E-state index contributed by atoms with van der Waals surface area (Å²) in [5.74, 6) is -0.447. The van der Waals surface area contributed by atoms with Crippen LogP contribution < -0.4 is 0 Å². The number of carboxylic acid groups (broad SMARTS) is 1.